The van der Waals surface area contributed by atoms with Gasteiger partial charge in [-0.15, -0.1) is 0 Å². The van der Waals surface area contributed by atoms with Gasteiger partial charge in [0.25, 0.3) is 0 Å². The molecular formula is C34H54NO3+. The summed E-state index contributed by atoms with van der Waals surface area (Å²) in [7, 11) is 4.33. The molecule has 0 bridgehead atoms. The summed E-state index contributed by atoms with van der Waals surface area (Å²) in [4.78, 5) is 12.5. The first-order valence-corrected chi connectivity index (χ1v) is 15.1. The van der Waals surface area contributed by atoms with E-state index < -0.39 is 0 Å². The van der Waals surface area contributed by atoms with Crippen LogP contribution in [0.1, 0.15) is 95.6 Å². The van der Waals surface area contributed by atoms with Gasteiger partial charge in [-0.05, 0) is 50.3 Å². The third kappa shape index (κ3) is 14.6. The number of carbonyl (C=O) groups is 1. The second-order valence-corrected chi connectivity index (χ2v) is 11.6. The molecule has 2 aromatic carbocycles. The smallest absolute Gasteiger partial charge is 0.314 e. The van der Waals surface area contributed by atoms with Crippen LogP contribution in [0.4, 0.5) is 0 Å². The van der Waals surface area contributed by atoms with Crippen molar-refractivity contribution in [2.45, 2.75) is 97.4 Å². The van der Waals surface area contributed by atoms with E-state index in [2.05, 4.69) is 69.6 Å². The lowest BCUT2D eigenvalue weighted by molar-refractivity contribution is -0.905. The summed E-state index contributed by atoms with van der Waals surface area (Å²) in [5, 5.41) is 0. The maximum Gasteiger partial charge on any atom is 0.314 e. The lowest BCUT2D eigenvalue weighted by Crippen LogP contribution is -2.44. The Morgan fingerprint density at radius 2 is 1.34 bits per heavy atom. The zero-order valence-electron chi connectivity index (χ0n) is 24.8. The number of hydrogen-bond donors (Lipinski definition) is 0. The van der Waals surface area contributed by atoms with Crippen LogP contribution in [0, 0.1) is 5.92 Å². The summed E-state index contributed by atoms with van der Waals surface area (Å²) in [5.74, 6) is 0.691. The van der Waals surface area contributed by atoms with Crippen LogP contribution in [0.3, 0.4) is 0 Å². The maximum absolute atomic E-state index is 12.5. The van der Waals surface area contributed by atoms with Crippen molar-refractivity contribution in [3.63, 3.8) is 0 Å². The van der Waals surface area contributed by atoms with Gasteiger partial charge in [-0.3, -0.25) is 4.79 Å². The van der Waals surface area contributed by atoms with Crippen LogP contribution >= 0.6 is 0 Å². The Kier molecular flexibility index (Phi) is 15.8. The van der Waals surface area contributed by atoms with E-state index in [-0.39, 0.29) is 11.9 Å². The fraction of sp³-hybridized carbons (Fsp3) is 0.618. The van der Waals surface area contributed by atoms with Crippen molar-refractivity contribution in [2.75, 3.05) is 33.9 Å². The quantitative estimate of drug-likeness (QED) is 0.0934. The molecule has 2 rings (SSSR count). The fourth-order valence-electron chi connectivity index (χ4n) is 5.06. The molecule has 0 heterocycles. The molecule has 0 aromatic heterocycles. The highest BCUT2D eigenvalue weighted by molar-refractivity contribution is 5.72. The number of unbranched alkanes of at least 4 members (excludes halogenated alkanes) is 9. The van der Waals surface area contributed by atoms with Gasteiger partial charge in [0.2, 0.25) is 0 Å². The van der Waals surface area contributed by atoms with E-state index in [1.807, 2.05) is 13.0 Å². The van der Waals surface area contributed by atoms with Crippen molar-refractivity contribution in [2.24, 2.45) is 5.92 Å². The van der Waals surface area contributed by atoms with Crippen LogP contribution in [0.2, 0.25) is 0 Å². The first-order chi connectivity index (χ1) is 18.4. The third-order valence-electron chi connectivity index (χ3n) is 7.17. The molecule has 0 saturated heterocycles. The minimum atomic E-state index is -0.126. The SMILES string of the molecule is CCCCCCCCCCCc1ccc(OCCCCOC(=O)C(C)C[N+](C)(C)Cc2ccccc2)cc1. The molecule has 0 radical (unpaired) electrons. The molecule has 0 amide bonds. The lowest BCUT2D eigenvalue weighted by Gasteiger charge is -2.31. The Morgan fingerprint density at radius 3 is 2.00 bits per heavy atom. The van der Waals surface area contributed by atoms with E-state index in [4.69, 9.17) is 9.47 Å². The molecule has 0 saturated carbocycles. The van der Waals surface area contributed by atoms with E-state index in [0.717, 1.165) is 42.6 Å². The topological polar surface area (TPSA) is 35.5 Å². The maximum atomic E-state index is 12.5. The Balaban J connectivity index is 1.50. The highest BCUT2D eigenvalue weighted by Gasteiger charge is 2.25. The Bertz CT molecular complexity index is 863. The normalized spacial score (nSPS) is 12.3. The molecule has 0 fully saturated rings. The van der Waals surface area contributed by atoms with Crippen LogP contribution in [0.15, 0.2) is 54.6 Å². The first-order valence-electron chi connectivity index (χ1n) is 15.1. The summed E-state index contributed by atoms with van der Waals surface area (Å²) < 4.78 is 12.2. The number of aryl methyl sites for hydroxylation is 1. The number of hydrogen-bond acceptors (Lipinski definition) is 3. The van der Waals surface area contributed by atoms with Crippen molar-refractivity contribution < 1.29 is 18.8 Å². The van der Waals surface area contributed by atoms with Crippen LogP contribution in [0.25, 0.3) is 0 Å². The summed E-state index contributed by atoms with van der Waals surface area (Å²) >= 11 is 0. The number of benzene rings is 2. The first kappa shape index (κ1) is 31.9. The highest BCUT2D eigenvalue weighted by atomic mass is 16.5. The molecule has 1 unspecified atom stereocenters. The van der Waals surface area contributed by atoms with Gasteiger partial charge in [0.15, 0.2) is 0 Å². The van der Waals surface area contributed by atoms with E-state index in [0.29, 0.717) is 13.2 Å². The number of esters is 1. The summed E-state index contributed by atoms with van der Waals surface area (Å²) in [5.41, 5.74) is 2.68. The van der Waals surface area contributed by atoms with Gasteiger partial charge >= 0.3 is 5.97 Å². The van der Waals surface area contributed by atoms with Gasteiger partial charge in [-0.25, -0.2) is 0 Å². The Labute approximate surface area is 233 Å². The molecule has 4 heteroatoms. The predicted molar refractivity (Wildman–Crippen MR) is 159 cm³/mol. The van der Waals surface area contributed by atoms with Crippen molar-refractivity contribution >= 4 is 5.97 Å². The van der Waals surface area contributed by atoms with Gasteiger partial charge in [-0.2, -0.15) is 0 Å². The van der Waals surface area contributed by atoms with E-state index in [1.54, 1.807) is 0 Å². The zero-order chi connectivity index (χ0) is 27.5. The second kappa shape index (κ2) is 18.8. The van der Waals surface area contributed by atoms with Gasteiger partial charge < -0.3 is 14.0 Å². The van der Waals surface area contributed by atoms with Crippen molar-refractivity contribution in [3.05, 3.63) is 65.7 Å². The monoisotopic (exact) mass is 524 g/mol. The van der Waals surface area contributed by atoms with Crippen molar-refractivity contribution in [1.82, 2.24) is 0 Å². The van der Waals surface area contributed by atoms with E-state index >= 15 is 0 Å². The van der Waals surface area contributed by atoms with Gasteiger partial charge in [0.1, 0.15) is 18.2 Å². The number of carbonyl (C=O) groups excluding carboxylic acids is 1. The molecule has 38 heavy (non-hydrogen) atoms. The number of nitrogens with zero attached hydrogens (tertiary/aromatic N) is 1. The molecule has 0 aliphatic heterocycles. The third-order valence-corrected chi connectivity index (χ3v) is 7.17. The average molecular weight is 525 g/mol. The van der Waals surface area contributed by atoms with Crippen molar-refractivity contribution in [1.29, 1.82) is 0 Å². The molecule has 4 nitrogen and oxygen atoms in total. The van der Waals surface area contributed by atoms with Crippen LogP contribution < -0.4 is 4.74 Å². The molecule has 212 valence electrons. The van der Waals surface area contributed by atoms with Gasteiger partial charge in [0.05, 0.1) is 33.9 Å². The standard InChI is InChI=1S/C34H54NO3/c1-5-6-7-8-9-10-11-12-14-19-31-22-24-33(25-23-31)37-26-17-18-27-38-34(36)30(2)28-35(3,4)29-32-20-15-13-16-21-32/h13,15-16,20-25,30H,5-12,14,17-19,26-29H2,1-4H3/q+1. The number of quaternary nitrogens is 1. The average Bonchev–Trinajstić information content (AvgIpc) is 2.90. The zero-order valence-corrected chi connectivity index (χ0v) is 24.8. The van der Waals surface area contributed by atoms with E-state index in [1.165, 1.54) is 68.9 Å². The van der Waals surface area contributed by atoms with Crippen molar-refractivity contribution in [3.8, 4) is 5.75 Å². The number of ether oxygens (including phenoxy) is 2. The molecular weight excluding hydrogens is 470 g/mol. The molecule has 0 aliphatic carbocycles. The van der Waals surface area contributed by atoms with Crippen LogP contribution in [-0.4, -0.2) is 44.3 Å². The second-order valence-electron chi connectivity index (χ2n) is 11.6. The van der Waals surface area contributed by atoms with Crippen LogP contribution in [-0.2, 0) is 22.5 Å². The van der Waals surface area contributed by atoms with E-state index in [9.17, 15) is 4.79 Å². The van der Waals surface area contributed by atoms with Crippen LogP contribution in [0.5, 0.6) is 5.75 Å². The molecule has 0 spiro atoms. The van der Waals surface area contributed by atoms with Gasteiger partial charge in [-0.1, -0.05) is 101 Å². The Morgan fingerprint density at radius 1 is 0.737 bits per heavy atom. The summed E-state index contributed by atoms with van der Waals surface area (Å²) in [6.07, 6.45) is 15.2. The molecule has 2 aromatic rings. The minimum Gasteiger partial charge on any atom is -0.494 e. The summed E-state index contributed by atoms with van der Waals surface area (Å²) in [6.45, 7) is 7.00. The number of rotatable bonds is 21. The Hall–Kier alpha value is -2.33. The molecule has 1 atom stereocenters. The minimum absolute atomic E-state index is 0.104. The fourth-order valence-corrected chi connectivity index (χ4v) is 5.06. The highest BCUT2D eigenvalue weighted by Crippen LogP contribution is 2.17. The van der Waals surface area contributed by atoms with Gasteiger partial charge in [0, 0.05) is 5.56 Å². The molecule has 0 aliphatic rings. The lowest BCUT2D eigenvalue weighted by atomic mass is 10.0. The molecule has 0 N–H and O–H groups in total. The summed E-state index contributed by atoms with van der Waals surface area (Å²) in [6, 6.07) is 19.0. The largest absolute Gasteiger partial charge is 0.494 e. The predicted octanol–water partition coefficient (Wildman–Crippen LogP) is 8.37.